The highest BCUT2D eigenvalue weighted by Gasteiger charge is 2.26. The molecule has 0 spiro atoms. The van der Waals surface area contributed by atoms with Crippen LogP contribution < -0.4 is 0 Å². The highest BCUT2D eigenvalue weighted by molar-refractivity contribution is 9.11. The number of benzene rings is 1. The molecule has 1 aromatic heterocycles. The number of hydrogen-bond acceptors (Lipinski definition) is 3. The van der Waals surface area contributed by atoms with Gasteiger partial charge in [0.05, 0.1) is 9.35 Å². The molecule has 2 aromatic rings. The summed E-state index contributed by atoms with van der Waals surface area (Å²) in [5.74, 6) is -0.828. The molecule has 0 radical (unpaired) electrons. The molecule has 0 saturated carbocycles. The third-order valence-electron chi connectivity index (χ3n) is 3.56. The molecule has 0 fully saturated rings. The van der Waals surface area contributed by atoms with Crippen molar-refractivity contribution < 1.29 is 9.90 Å². The Balaban J connectivity index is 1.79. The van der Waals surface area contributed by atoms with Crippen LogP contribution in [0.4, 0.5) is 0 Å². The Bertz CT molecular complexity index is 639. The first-order valence-electron chi connectivity index (χ1n) is 6.44. The van der Waals surface area contributed by atoms with Gasteiger partial charge in [-0.3, -0.25) is 4.90 Å². The third-order valence-corrected chi connectivity index (χ3v) is 5.44. The van der Waals surface area contributed by atoms with Crippen LogP contribution in [-0.4, -0.2) is 22.5 Å². The molecule has 0 unspecified atom stereocenters. The Morgan fingerprint density at radius 1 is 1.35 bits per heavy atom. The average molecular weight is 352 g/mol. The molecule has 1 aromatic carbocycles. The number of halogens is 1. The molecule has 0 atom stereocenters. The van der Waals surface area contributed by atoms with E-state index in [2.05, 4.69) is 45.1 Å². The van der Waals surface area contributed by atoms with E-state index in [4.69, 9.17) is 0 Å². The fourth-order valence-corrected chi connectivity index (χ4v) is 4.71. The van der Waals surface area contributed by atoms with Gasteiger partial charge in [0.1, 0.15) is 0 Å². The lowest BCUT2D eigenvalue weighted by molar-refractivity contribution is 0.0694. The summed E-state index contributed by atoms with van der Waals surface area (Å²) in [6, 6.07) is 10.4. The van der Waals surface area contributed by atoms with Crippen molar-refractivity contribution in [3.63, 3.8) is 0 Å². The Labute approximate surface area is 130 Å². The van der Waals surface area contributed by atoms with Crippen molar-refractivity contribution in [2.45, 2.75) is 19.5 Å². The molecule has 0 aliphatic carbocycles. The van der Waals surface area contributed by atoms with E-state index >= 15 is 0 Å². The number of nitrogens with zero attached hydrogens (tertiary/aromatic N) is 1. The highest BCUT2D eigenvalue weighted by atomic mass is 79.9. The highest BCUT2D eigenvalue weighted by Crippen LogP contribution is 2.37. The molecule has 104 valence electrons. The second-order valence-corrected chi connectivity index (χ2v) is 7.33. The molecule has 1 aliphatic rings. The van der Waals surface area contributed by atoms with E-state index in [1.807, 2.05) is 6.07 Å². The Morgan fingerprint density at radius 3 is 2.80 bits per heavy atom. The fourth-order valence-electron chi connectivity index (χ4n) is 2.61. The number of aromatic carboxylic acids is 1. The van der Waals surface area contributed by atoms with Gasteiger partial charge < -0.3 is 5.11 Å². The zero-order valence-electron chi connectivity index (χ0n) is 10.8. The molecule has 3 rings (SSSR count). The maximum atomic E-state index is 11.3. The van der Waals surface area contributed by atoms with Crippen molar-refractivity contribution >= 4 is 33.2 Å². The molecule has 20 heavy (non-hydrogen) atoms. The van der Waals surface area contributed by atoms with Crippen LogP contribution in [0.3, 0.4) is 0 Å². The van der Waals surface area contributed by atoms with Crippen LogP contribution >= 0.6 is 27.3 Å². The zero-order valence-corrected chi connectivity index (χ0v) is 13.2. The summed E-state index contributed by atoms with van der Waals surface area (Å²) in [4.78, 5) is 14.8. The van der Waals surface area contributed by atoms with Gasteiger partial charge in [0.15, 0.2) is 0 Å². The minimum Gasteiger partial charge on any atom is -0.478 e. The van der Waals surface area contributed by atoms with Gasteiger partial charge in [-0.25, -0.2) is 4.79 Å². The minimum absolute atomic E-state index is 0.462. The van der Waals surface area contributed by atoms with Gasteiger partial charge >= 0.3 is 5.97 Å². The predicted molar refractivity (Wildman–Crippen MR) is 83.2 cm³/mol. The lowest BCUT2D eigenvalue weighted by atomic mass is 10.0. The summed E-state index contributed by atoms with van der Waals surface area (Å²) in [5.41, 5.74) is 2.77. The molecule has 1 N–H and O–H groups in total. The average Bonchev–Trinajstić information content (AvgIpc) is 2.75. The maximum Gasteiger partial charge on any atom is 0.338 e. The predicted octanol–water partition coefficient (Wildman–Crippen LogP) is 3.77. The molecule has 0 amide bonds. The number of carboxylic acid groups (broad SMARTS) is 1. The number of carbonyl (C=O) groups is 1. The Morgan fingerprint density at radius 2 is 2.10 bits per heavy atom. The van der Waals surface area contributed by atoms with Crippen molar-refractivity contribution in [2.75, 3.05) is 6.54 Å². The topological polar surface area (TPSA) is 40.5 Å². The molecular formula is C15H14BrNO2S. The van der Waals surface area contributed by atoms with Crippen molar-refractivity contribution in [3.05, 3.63) is 55.7 Å². The number of hydrogen-bond donors (Lipinski definition) is 1. The molecule has 5 heteroatoms. The SMILES string of the molecule is O=C(O)c1c(Br)sc2c1CCN(Cc1ccccc1)C2. The maximum absolute atomic E-state index is 11.3. The quantitative estimate of drug-likeness (QED) is 0.914. The van der Waals surface area contributed by atoms with E-state index < -0.39 is 5.97 Å². The van der Waals surface area contributed by atoms with E-state index in [1.165, 1.54) is 10.4 Å². The summed E-state index contributed by atoms with van der Waals surface area (Å²) in [6.45, 7) is 2.66. The minimum atomic E-state index is -0.828. The molecule has 3 nitrogen and oxygen atoms in total. The fraction of sp³-hybridized carbons (Fsp3) is 0.267. The first-order chi connectivity index (χ1) is 9.65. The van der Waals surface area contributed by atoms with Crippen LogP contribution in [0, 0.1) is 0 Å². The number of thiophene rings is 1. The van der Waals surface area contributed by atoms with Gasteiger partial charge in [-0.15, -0.1) is 11.3 Å². The number of rotatable bonds is 3. The standard InChI is InChI=1S/C15H14BrNO2S/c16-14-13(15(18)19)11-6-7-17(9-12(11)20-14)8-10-4-2-1-3-5-10/h1-5H,6-9H2,(H,18,19). The monoisotopic (exact) mass is 351 g/mol. The van der Waals surface area contributed by atoms with Crippen LogP contribution in [0.1, 0.15) is 26.4 Å². The second kappa shape index (κ2) is 5.68. The van der Waals surface area contributed by atoms with Crippen molar-refractivity contribution in [2.24, 2.45) is 0 Å². The van der Waals surface area contributed by atoms with E-state index in [9.17, 15) is 9.90 Å². The molecular weight excluding hydrogens is 338 g/mol. The van der Waals surface area contributed by atoms with Gasteiger partial charge in [0, 0.05) is 24.5 Å². The van der Waals surface area contributed by atoms with Gasteiger partial charge in [-0.2, -0.15) is 0 Å². The van der Waals surface area contributed by atoms with Crippen LogP contribution in [-0.2, 0) is 19.5 Å². The Kier molecular flexibility index (Phi) is 3.92. The molecule has 0 bridgehead atoms. The first-order valence-corrected chi connectivity index (χ1v) is 8.05. The van der Waals surface area contributed by atoms with E-state index in [1.54, 1.807) is 11.3 Å². The first kappa shape index (κ1) is 13.8. The largest absolute Gasteiger partial charge is 0.478 e. The van der Waals surface area contributed by atoms with Gasteiger partial charge in [0.25, 0.3) is 0 Å². The van der Waals surface area contributed by atoms with E-state index in [-0.39, 0.29) is 0 Å². The summed E-state index contributed by atoms with van der Waals surface area (Å²) in [7, 11) is 0. The van der Waals surface area contributed by atoms with Gasteiger partial charge in [-0.1, -0.05) is 30.3 Å². The lowest BCUT2D eigenvalue weighted by Gasteiger charge is -2.27. The number of fused-ring (bicyclic) bond motifs is 1. The van der Waals surface area contributed by atoms with E-state index in [0.29, 0.717) is 5.56 Å². The second-order valence-electron chi connectivity index (χ2n) is 4.90. The van der Waals surface area contributed by atoms with Crippen molar-refractivity contribution in [3.8, 4) is 0 Å². The summed E-state index contributed by atoms with van der Waals surface area (Å²) in [6.07, 6.45) is 0.811. The zero-order chi connectivity index (χ0) is 14.1. The van der Waals surface area contributed by atoms with E-state index in [0.717, 1.165) is 35.4 Å². The summed E-state index contributed by atoms with van der Waals surface area (Å²) in [5, 5.41) is 9.27. The molecule has 2 heterocycles. The summed E-state index contributed by atoms with van der Waals surface area (Å²) >= 11 is 4.94. The lowest BCUT2D eigenvalue weighted by Crippen LogP contribution is -2.29. The van der Waals surface area contributed by atoms with Gasteiger partial charge in [-0.05, 0) is 33.5 Å². The smallest absolute Gasteiger partial charge is 0.338 e. The molecule has 0 saturated heterocycles. The Hall–Kier alpha value is -1.17. The van der Waals surface area contributed by atoms with Crippen LogP contribution in [0.25, 0.3) is 0 Å². The van der Waals surface area contributed by atoms with Crippen molar-refractivity contribution in [1.29, 1.82) is 0 Å². The van der Waals surface area contributed by atoms with Crippen molar-refractivity contribution in [1.82, 2.24) is 4.90 Å². The summed E-state index contributed by atoms with van der Waals surface area (Å²) < 4.78 is 0.747. The van der Waals surface area contributed by atoms with Gasteiger partial charge in [0.2, 0.25) is 0 Å². The van der Waals surface area contributed by atoms with Crippen LogP contribution in [0.15, 0.2) is 34.1 Å². The van der Waals surface area contributed by atoms with Crippen LogP contribution in [0.5, 0.6) is 0 Å². The third kappa shape index (κ3) is 2.66. The number of carboxylic acids is 1. The van der Waals surface area contributed by atoms with Crippen LogP contribution in [0.2, 0.25) is 0 Å². The normalized spacial score (nSPS) is 15.1. The molecule has 1 aliphatic heterocycles.